The molecule has 0 unspecified atom stereocenters. The van der Waals surface area contributed by atoms with Crippen LogP contribution < -0.4 is 0 Å². The van der Waals surface area contributed by atoms with Crippen molar-refractivity contribution in [3.8, 4) is 96.5 Å². The first-order chi connectivity index (χ1) is 37.4. The van der Waals surface area contributed by atoms with Crippen LogP contribution in [0.2, 0.25) is 0 Å². The zero-order valence-corrected chi connectivity index (χ0v) is 40.6. The Morgan fingerprint density at radius 3 is 1.21 bits per heavy atom. The second-order valence-corrected chi connectivity index (χ2v) is 18.4. The van der Waals surface area contributed by atoms with E-state index in [0.29, 0.717) is 90.1 Å². The van der Waals surface area contributed by atoms with Crippen LogP contribution in [-0.4, -0.2) is 19.5 Å². The van der Waals surface area contributed by atoms with Crippen molar-refractivity contribution in [1.82, 2.24) is 19.5 Å². The summed E-state index contributed by atoms with van der Waals surface area (Å²) in [5.74, 6) is 0.980. The molecule has 2 aromatic heterocycles. The summed E-state index contributed by atoms with van der Waals surface area (Å²) < 4.78 is 133. The molecule has 0 aliphatic rings. The Kier molecular flexibility index (Phi) is 12.5. The summed E-state index contributed by atoms with van der Waals surface area (Å²) in [7, 11) is 0. The van der Waals surface area contributed by atoms with Crippen molar-refractivity contribution < 1.29 is 39.5 Å². The molecule has 11 rings (SSSR count). The first kappa shape index (κ1) is 50.3. The Balaban J connectivity index is 1.27. The minimum Gasteiger partial charge on any atom is -0.308 e. The molecule has 0 aliphatic heterocycles. The van der Waals surface area contributed by atoms with E-state index < -0.39 is 40.8 Å². The molecule has 0 atom stereocenters. The molecule has 0 amide bonds. The summed E-state index contributed by atoms with van der Waals surface area (Å²) in [4.78, 5) is 14.9. The van der Waals surface area contributed by atoms with Crippen LogP contribution in [0.3, 0.4) is 0 Å². The van der Waals surface area contributed by atoms with Gasteiger partial charge < -0.3 is 4.57 Å². The predicted octanol–water partition coefficient (Wildman–Crippen LogP) is 17.7. The molecule has 0 aliphatic carbocycles. The number of fused-ring (bicyclic) bond motifs is 3. The number of hydrogen-bond donors (Lipinski definition) is 0. The van der Waals surface area contributed by atoms with Gasteiger partial charge in [0.15, 0.2) is 17.5 Å². The average Bonchev–Trinajstić information content (AvgIpc) is 4.02. The summed E-state index contributed by atoms with van der Waals surface area (Å²) >= 11 is 0. The van der Waals surface area contributed by atoms with E-state index in [1.165, 1.54) is 49.4 Å². The van der Waals surface area contributed by atoms with Gasteiger partial charge in [0.05, 0.1) is 56.7 Å². The summed E-state index contributed by atoms with van der Waals surface area (Å²) in [6, 6.07) is 54.3. The summed E-state index contributed by atoms with van der Waals surface area (Å²) in [5, 5.41) is 20.4. The Hall–Kier alpha value is -9.86. The van der Waals surface area contributed by atoms with E-state index in [2.05, 4.69) is 12.1 Å². The Bertz CT molecular complexity index is 4090. The molecular weight excluding hydrogens is 1010 g/mol. The molecule has 0 N–H and O–H groups in total. The molecule has 0 spiro atoms. The zero-order valence-electron chi connectivity index (χ0n) is 40.6. The fourth-order valence-corrected chi connectivity index (χ4v) is 9.78. The fourth-order valence-electron chi connectivity index (χ4n) is 9.78. The smallest absolute Gasteiger partial charge is 0.308 e. The van der Waals surface area contributed by atoms with Gasteiger partial charge in [-0.2, -0.15) is 50.0 Å². The van der Waals surface area contributed by atoms with Gasteiger partial charge in [0.25, 0.3) is 0 Å². The molecular formula is C63H35F9N6. The molecule has 380 valence electrons. The van der Waals surface area contributed by atoms with Crippen LogP contribution in [0, 0.1) is 29.6 Å². The number of benzene rings is 9. The molecule has 0 bridgehead atoms. The standard InChI is InChI=1S/C63H35F9N6/c1-36-12-24-47(53(28-36)62(67,68)69)43-21-26-55-51(29-43)52-30-44(48-25-23-46(61(64,65)66)33-54(48)63(70,71)72)22-27-56(52)78(55)57-49(39-17-13-37(34-73)14-18-39)31-45(32-50(57)40-19-15-38(35-74)16-20-40)60-76-58(41-8-4-2-5-9-41)75-59(77-60)42-10-6-3-7-11-42/h2-33H,1H3. The van der Waals surface area contributed by atoms with E-state index >= 15 is 0 Å². The quantitative estimate of drug-likeness (QED) is 0.141. The third-order valence-electron chi connectivity index (χ3n) is 13.5. The van der Waals surface area contributed by atoms with E-state index in [1.807, 2.05) is 77.4 Å². The van der Waals surface area contributed by atoms with Crippen LogP contribution in [0.4, 0.5) is 39.5 Å². The van der Waals surface area contributed by atoms with Crippen LogP contribution in [-0.2, 0) is 18.5 Å². The molecule has 15 heteroatoms. The zero-order chi connectivity index (χ0) is 54.7. The van der Waals surface area contributed by atoms with Crippen molar-refractivity contribution in [2.24, 2.45) is 0 Å². The van der Waals surface area contributed by atoms with Crippen LogP contribution in [0.5, 0.6) is 0 Å². The number of aromatic nitrogens is 4. The molecule has 2 heterocycles. The lowest BCUT2D eigenvalue weighted by Crippen LogP contribution is -2.12. The molecule has 11 aromatic rings. The summed E-state index contributed by atoms with van der Waals surface area (Å²) in [6.45, 7) is 1.53. The van der Waals surface area contributed by atoms with Gasteiger partial charge in [-0.25, -0.2) is 15.0 Å². The number of halogens is 9. The van der Waals surface area contributed by atoms with Crippen molar-refractivity contribution in [1.29, 1.82) is 10.5 Å². The topological polar surface area (TPSA) is 91.2 Å². The maximum Gasteiger partial charge on any atom is 0.417 e. The van der Waals surface area contributed by atoms with Crippen LogP contribution in [0.25, 0.3) is 106 Å². The first-order valence-corrected chi connectivity index (χ1v) is 24.0. The SMILES string of the molecule is Cc1ccc(-c2ccc3c(c2)c2cc(-c4ccc(C(F)(F)F)cc4C(F)(F)F)ccc2n3-c2c(-c3ccc(C#N)cc3)cc(-c3nc(-c4ccccc4)nc(-c4ccccc4)n3)cc2-c2ccc(C#N)cc2)c(C(F)(F)F)c1. The maximum atomic E-state index is 14.9. The first-order valence-electron chi connectivity index (χ1n) is 24.0. The highest BCUT2D eigenvalue weighted by Crippen LogP contribution is 2.48. The van der Waals surface area contributed by atoms with E-state index in [9.17, 15) is 50.0 Å². The lowest BCUT2D eigenvalue weighted by Gasteiger charge is -2.21. The number of alkyl halides is 9. The van der Waals surface area contributed by atoms with Crippen LogP contribution >= 0.6 is 0 Å². The molecule has 9 aromatic carbocycles. The van der Waals surface area contributed by atoms with E-state index in [1.54, 1.807) is 54.6 Å². The molecule has 0 radical (unpaired) electrons. The van der Waals surface area contributed by atoms with E-state index in [-0.39, 0.29) is 39.4 Å². The molecule has 0 fully saturated rings. The van der Waals surface area contributed by atoms with Crippen LogP contribution in [0.15, 0.2) is 194 Å². The van der Waals surface area contributed by atoms with Crippen LogP contribution in [0.1, 0.15) is 33.4 Å². The number of hydrogen-bond acceptors (Lipinski definition) is 5. The average molecular weight is 1050 g/mol. The second-order valence-electron chi connectivity index (χ2n) is 18.4. The molecule has 78 heavy (non-hydrogen) atoms. The fraction of sp³-hybridized carbons (Fsp3) is 0.0635. The van der Waals surface area contributed by atoms with Crippen molar-refractivity contribution >= 4 is 21.8 Å². The Labute approximate surface area is 439 Å². The predicted molar refractivity (Wildman–Crippen MR) is 281 cm³/mol. The number of nitrogens with zero attached hydrogens (tertiary/aromatic N) is 6. The normalized spacial score (nSPS) is 11.9. The minimum absolute atomic E-state index is 0.0599. The number of rotatable bonds is 8. The Morgan fingerprint density at radius 1 is 0.372 bits per heavy atom. The molecule has 0 saturated heterocycles. The van der Waals surface area contributed by atoms with Gasteiger partial charge in [0.2, 0.25) is 0 Å². The van der Waals surface area contributed by atoms with E-state index in [0.717, 1.165) is 12.1 Å². The summed E-state index contributed by atoms with van der Waals surface area (Å²) in [5.41, 5.74) is 1.56. The number of nitriles is 2. The highest BCUT2D eigenvalue weighted by atomic mass is 19.4. The van der Waals surface area contributed by atoms with Gasteiger partial charge in [-0.1, -0.05) is 121 Å². The largest absolute Gasteiger partial charge is 0.417 e. The van der Waals surface area contributed by atoms with Gasteiger partial charge in [0.1, 0.15) is 0 Å². The summed E-state index contributed by atoms with van der Waals surface area (Å²) in [6.07, 6.45) is -15.1. The molecule has 6 nitrogen and oxygen atoms in total. The van der Waals surface area contributed by atoms with Crippen molar-refractivity contribution in [2.45, 2.75) is 25.5 Å². The third kappa shape index (κ3) is 9.47. The molecule has 0 saturated carbocycles. The number of aryl methyl sites for hydroxylation is 1. The van der Waals surface area contributed by atoms with Gasteiger partial charge >= 0.3 is 18.5 Å². The lowest BCUT2D eigenvalue weighted by atomic mass is 9.91. The maximum absolute atomic E-state index is 14.9. The van der Waals surface area contributed by atoms with Crippen molar-refractivity contribution in [2.75, 3.05) is 0 Å². The highest BCUT2D eigenvalue weighted by Gasteiger charge is 2.39. The monoisotopic (exact) mass is 1050 g/mol. The van der Waals surface area contributed by atoms with Crippen molar-refractivity contribution in [3.05, 3.63) is 228 Å². The van der Waals surface area contributed by atoms with E-state index in [4.69, 9.17) is 15.0 Å². The lowest BCUT2D eigenvalue weighted by molar-refractivity contribution is -0.143. The Morgan fingerprint density at radius 2 is 0.782 bits per heavy atom. The van der Waals surface area contributed by atoms with Gasteiger partial charge in [-0.15, -0.1) is 0 Å². The highest BCUT2D eigenvalue weighted by molar-refractivity contribution is 6.13. The van der Waals surface area contributed by atoms with Gasteiger partial charge in [-0.3, -0.25) is 0 Å². The minimum atomic E-state index is -5.23. The second kappa shape index (κ2) is 19.4. The van der Waals surface area contributed by atoms with Gasteiger partial charge in [0, 0.05) is 38.6 Å². The van der Waals surface area contributed by atoms with Crippen molar-refractivity contribution in [3.63, 3.8) is 0 Å². The van der Waals surface area contributed by atoms with Gasteiger partial charge in [-0.05, 0) is 119 Å². The third-order valence-corrected chi connectivity index (χ3v) is 13.5.